The van der Waals surface area contributed by atoms with Crippen molar-refractivity contribution in [3.05, 3.63) is 52.0 Å². The molecule has 1 amide bonds. The third kappa shape index (κ3) is 5.18. The van der Waals surface area contributed by atoms with Gasteiger partial charge in [-0.1, -0.05) is 29.8 Å². The number of ether oxygens (including phenoxy) is 1. The summed E-state index contributed by atoms with van der Waals surface area (Å²) in [5, 5.41) is 6.99. The van der Waals surface area contributed by atoms with Crippen molar-refractivity contribution in [3.8, 4) is 0 Å². The number of nitrogens with zero attached hydrogens (tertiary/aromatic N) is 2. The number of aryl methyl sites for hydroxylation is 2. The van der Waals surface area contributed by atoms with E-state index in [1.54, 1.807) is 16.1 Å². The Hall–Kier alpha value is -2.88. The molecule has 0 fully saturated rings. The molecule has 0 bridgehead atoms. The number of amides is 1. The van der Waals surface area contributed by atoms with Crippen LogP contribution in [0.25, 0.3) is 10.2 Å². The van der Waals surface area contributed by atoms with Crippen LogP contribution in [0.15, 0.2) is 30.3 Å². The van der Waals surface area contributed by atoms with Crippen LogP contribution in [0.3, 0.4) is 0 Å². The third-order valence-electron chi connectivity index (χ3n) is 4.38. The van der Waals surface area contributed by atoms with Crippen LogP contribution in [0.5, 0.6) is 0 Å². The molecule has 160 valence electrons. The first kappa shape index (κ1) is 21.8. The summed E-state index contributed by atoms with van der Waals surface area (Å²) in [6.45, 7) is 4.09. The molecule has 30 heavy (non-hydrogen) atoms. The Morgan fingerprint density at radius 2 is 1.90 bits per heavy atom. The van der Waals surface area contributed by atoms with Gasteiger partial charge in [-0.2, -0.15) is 18.3 Å². The highest BCUT2D eigenvalue weighted by molar-refractivity contribution is 7.20. The molecule has 1 atom stereocenters. The molecule has 0 aliphatic rings. The fourth-order valence-corrected chi connectivity index (χ4v) is 3.83. The summed E-state index contributed by atoms with van der Waals surface area (Å²) in [5.41, 5.74) is 2.94. The van der Waals surface area contributed by atoms with E-state index in [0.29, 0.717) is 6.54 Å². The molecule has 1 aromatic carbocycles. The van der Waals surface area contributed by atoms with Crippen LogP contribution in [0.2, 0.25) is 0 Å². The minimum absolute atomic E-state index is 0.249. The van der Waals surface area contributed by atoms with E-state index in [2.05, 4.69) is 5.10 Å². The Balaban J connectivity index is 1.72. The molecule has 3 aromatic rings. The number of nitrogens with one attached hydrogen (secondary N) is 1. The van der Waals surface area contributed by atoms with Crippen molar-refractivity contribution in [3.63, 3.8) is 0 Å². The van der Waals surface area contributed by atoms with Crippen LogP contribution in [0.4, 0.5) is 13.2 Å². The SMILES string of the molecule is Cc1ccc(Cn2nc(C)c3cc(C(=O)OC(C)C(=O)NCC(F)(F)F)sc32)cc1. The number of aromatic nitrogens is 2. The van der Waals surface area contributed by atoms with Crippen molar-refractivity contribution in [2.75, 3.05) is 6.54 Å². The predicted octanol–water partition coefficient (Wildman–Crippen LogP) is 3.99. The van der Waals surface area contributed by atoms with Gasteiger partial charge in [0.05, 0.1) is 12.2 Å². The summed E-state index contributed by atoms with van der Waals surface area (Å²) in [7, 11) is 0. The molecule has 0 saturated heterocycles. The quantitative estimate of drug-likeness (QED) is 0.590. The number of carbonyl (C=O) groups excluding carboxylic acids is 2. The average Bonchev–Trinajstić information content (AvgIpc) is 3.22. The second kappa shape index (κ2) is 8.47. The van der Waals surface area contributed by atoms with Crippen LogP contribution in [-0.2, 0) is 16.1 Å². The number of hydrogen-bond donors (Lipinski definition) is 1. The molecular formula is C20H20F3N3O3S. The van der Waals surface area contributed by atoms with Crippen LogP contribution in [0, 0.1) is 13.8 Å². The highest BCUT2D eigenvalue weighted by Crippen LogP contribution is 2.29. The molecule has 10 heteroatoms. The van der Waals surface area contributed by atoms with E-state index in [1.165, 1.54) is 6.92 Å². The number of halogens is 3. The Morgan fingerprint density at radius 3 is 2.53 bits per heavy atom. The first-order valence-corrected chi connectivity index (χ1v) is 9.93. The molecule has 1 N–H and O–H groups in total. The molecule has 1 unspecified atom stereocenters. The smallest absolute Gasteiger partial charge is 0.405 e. The van der Waals surface area contributed by atoms with Crippen molar-refractivity contribution in [1.82, 2.24) is 15.1 Å². The molecule has 2 heterocycles. The lowest BCUT2D eigenvalue weighted by Crippen LogP contribution is -2.40. The summed E-state index contributed by atoms with van der Waals surface area (Å²) in [6.07, 6.45) is -5.89. The maximum Gasteiger partial charge on any atom is 0.405 e. The van der Waals surface area contributed by atoms with E-state index in [0.717, 1.165) is 38.4 Å². The Kier molecular flexibility index (Phi) is 6.16. The van der Waals surface area contributed by atoms with Crippen LogP contribution < -0.4 is 5.32 Å². The molecular weight excluding hydrogens is 419 g/mol. The Morgan fingerprint density at radius 1 is 1.23 bits per heavy atom. The van der Waals surface area contributed by atoms with Gasteiger partial charge in [-0.25, -0.2) is 4.79 Å². The van der Waals surface area contributed by atoms with Gasteiger partial charge in [-0.15, -0.1) is 11.3 Å². The number of thiophene rings is 1. The molecule has 0 saturated carbocycles. The fourth-order valence-electron chi connectivity index (χ4n) is 2.79. The van der Waals surface area contributed by atoms with Crippen LogP contribution in [-0.4, -0.2) is 40.5 Å². The number of rotatable bonds is 6. The first-order valence-electron chi connectivity index (χ1n) is 9.11. The largest absolute Gasteiger partial charge is 0.448 e. The van der Waals surface area contributed by atoms with Gasteiger partial charge in [0.25, 0.3) is 5.91 Å². The second-order valence-corrected chi connectivity index (χ2v) is 7.97. The standard InChI is InChI=1S/C20H20F3N3O3S/c1-11-4-6-14(7-5-11)9-26-18-15(12(2)25-26)8-16(30-18)19(28)29-13(3)17(27)24-10-20(21,22)23/h4-8,13H,9-10H2,1-3H3,(H,24,27). The number of fused-ring (bicyclic) bond motifs is 1. The normalized spacial score (nSPS) is 12.7. The summed E-state index contributed by atoms with van der Waals surface area (Å²) >= 11 is 1.16. The third-order valence-corrected chi connectivity index (χ3v) is 5.51. The van der Waals surface area contributed by atoms with Crippen LogP contribution in [0.1, 0.15) is 33.4 Å². The van der Waals surface area contributed by atoms with Gasteiger partial charge in [0, 0.05) is 5.39 Å². The highest BCUT2D eigenvalue weighted by Gasteiger charge is 2.30. The van der Waals surface area contributed by atoms with Crippen molar-refractivity contribution in [1.29, 1.82) is 0 Å². The van der Waals surface area contributed by atoms with Gasteiger partial charge >= 0.3 is 12.1 Å². The second-order valence-electron chi connectivity index (χ2n) is 6.94. The van der Waals surface area contributed by atoms with Gasteiger partial charge in [0.2, 0.25) is 0 Å². The van der Waals surface area contributed by atoms with Gasteiger partial charge in [-0.05, 0) is 32.4 Å². The molecule has 0 aliphatic carbocycles. The average molecular weight is 439 g/mol. The zero-order valence-electron chi connectivity index (χ0n) is 16.5. The number of esters is 1. The monoisotopic (exact) mass is 439 g/mol. The van der Waals surface area contributed by atoms with Gasteiger partial charge in [0.1, 0.15) is 16.3 Å². The van der Waals surface area contributed by atoms with E-state index < -0.39 is 30.7 Å². The Bertz CT molecular complexity index is 1070. The molecule has 3 rings (SSSR count). The van der Waals surface area contributed by atoms with Crippen molar-refractivity contribution >= 4 is 33.4 Å². The molecule has 0 spiro atoms. The van der Waals surface area contributed by atoms with Crippen molar-refractivity contribution in [2.24, 2.45) is 0 Å². The molecule has 6 nitrogen and oxygen atoms in total. The zero-order chi connectivity index (χ0) is 22.1. The van der Waals surface area contributed by atoms with E-state index in [4.69, 9.17) is 4.74 Å². The van der Waals surface area contributed by atoms with E-state index >= 15 is 0 Å². The van der Waals surface area contributed by atoms with Crippen molar-refractivity contribution in [2.45, 2.75) is 39.6 Å². The summed E-state index contributed by atoms with van der Waals surface area (Å²) < 4.78 is 43.5. The Labute approximate surface area is 174 Å². The number of carbonyl (C=O) groups is 2. The van der Waals surface area contributed by atoms with Gasteiger partial charge in [0.15, 0.2) is 6.10 Å². The molecule has 0 aliphatic heterocycles. The zero-order valence-corrected chi connectivity index (χ0v) is 17.4. The molecule has 0 radical (unpaired) electrons. The maximum absolute atomic E-state index is 12.4. The van der Waals surface area contributed by atoms with Gasteiger partial charge in [-0.3, -0.25) is 9.48 Å². The number of benzene rings is 1. The summed E-state index contributed by atoms with van der Waals surface area (Å²) in [4.78, 5) is 25.1. The summed E-state index contributed by atoms with van der Waals surface area (Å²) in [6, 6.07) is 9.64. The fraction of sp³-hybridized carbons (Fsp3) is 0.350. The lowest BCUT2D eigenvalue weighted by atomic mass is 10.1. The molecule has 2 aromatic heterocycles. The number of alkyl halides is 3. The minimum Gasteiger partial charge on any atom is -0.448 e. The number of hydrogen-bond acceptors (Lipinski definition) is 5. The topological polar surface area (TPSA) is 73.2 Å². The highest BCUT2D eigenvalue weighted by atomic mass is 32.1. The lowest BCUT2D eigenvalue weighted by molar-refractivity contribution is -0.143. The van der Waals surface area contributed by atoms with Crippen LogP contribution >= 0.6 is 11.3 Å². The lowest BCUT2D eigenvalue weighted by Gasteiger charge is -2.14. The minimum atomic E-state index is -4.54. The van der Waals surface area contributed by atoms with Crippen molar-refractivity contribution < 1.29 is 27.5 Å². The predicted molar refractivity (Wildman–Crippen MR) is 107 cm³/mol. The first-order chi connectivity index (χ1) is 14.0. The van der Waals surface area contributed by atoms with E-state index in [9.17, 15) is 22.8 Å². The maximum atomic E-state index is 12.4. The van der Waals surface area contributed by atoms with Gasteiger partial charge < -0.3 is 10.1 Å². The van der Waals surface area contributed by atoms with E-state index in [1.807, 2.05) is 38.1 Å². The summed E-state index contributed by atoms with van der Waals surface area (Å²) in [5.74, 6) is -1.78. The van der Waals surface area contributed by atoms with E-state index in [-0.39, 0.29) is 4.88 Å².